The molecule has 7 aromatic carbocycles. The average molecular weight is 645 g/mol. The minimum absolute atomic E-state index is 0.245. The largest absolute Gasteiger partial charge is 0.333 e. The molecule has 2 aromatic heterocycles. The predicted octanol–water partition coefficient (Wildman–Crippen LogP) is 13.0. The van der Waals surface area contributed by atoms with Gasteiger partial charge in [0.1, 0.15) is 0 Å². The quantitative estimate of drug-likeness (QED) is 0.181. The minimum Gasteiger partial charge on any atom is -0.333 e. The third kappa shape index (κ3) is 4.54. The number of rotatable bonds is 5. The fourth-order valence-corrected chi connectivity index (χ4v) is 9.04. The Morgan fingerprint density at radius 1 is 0.551 bits per heavy atom. The van der Waals surface area contributed by atoms with Crippen LogP contribution < -0.4 is 4.90 Å². The summed E-state index contributed by atoms with van der Waals surface area (Å²) in [4.78, 5) is 2.52. The maximum Gasteiger partial charge on any atom is 0.0598 e. The molecule has 232 valence electrons. The van der Waals surface area contributed by atoms with Gasteiger partial charge in [-0.15, -0.1) is 11.3 Å². The van der Waals surface area contributed by atoms with Gasteiger partial charge >= 0.3 is 0 Å². The van der Waals surface area contributed by atoms with Crippen molar-refractivity contribution in [3.63, 3.8) is 0 Å². The first kappa shape index (κ1) is 28.1. The van der Waals surface area contributed by atoms with Crippen LogP contribution >= 0.6 is 11.3 Å². The highest BCUT2D eigenvalue weighted by molar-refractivity contribution is 7.26. The zero-order valence-electron chi connectivity index (χ0n) is 26.8. The molecule has 0 bridgehead atoms. The van der Waals surface area contributed by atoms with Crippen LogP contribution in [0.3, 0.4) is 0 Å². The maximum absolute atomic E-state index is 2.52. The number of allylic oxidation sites excluding steroid dienone is 2. The second kappa shape index (κ2) is 11.4. The number of para-hydroxylation sites is 1. The first-order valence-electron chi connectivity index (χ1n) is 17.0. The van der Waals surface area contributed by atoms with Crippen LogP contribution in [0.5, 0.6) is 0 Å². The zero-order valence-corrected chi connectivity index (χ0v) is 27.6. The van der Waals surface area contributed by atoms with E-state index in [9.17, 15) is 0 Å². The van der Waals surface area contributed by atoms with Crippen LogP contribution in [0.2, 0.25) is 0 Å². The lowest BCUT2D eigenvalue weighted by Gasteiger charge is -2.33. The molecule has 0 saturated heterocycles. The summed E-state index contributed by atoms with van der Waals surface area (Å²) >= 11 is 1.89. The monoisotopic (exact) mass is 644 g/mol. The van der Waals surface area contributed by atoms with E-state index < -0.39 is 0 Å². The van der Waals surface area contributed by atoms with Gasteiger partial charge in [0.25, 0.3) is 0 Å². The molecule has 1 aliphatic rings. The average Bonchev–Trinajstić information content (AvgIpc) is 3.73. The molecule has 0 aliphatic heterocycles. The Hall–Kier alpha value is -5.90. The van der Waals surface area contributed by atoms with Gasteiger partial charge in [-0.25, -0.2) is 0 Å². The molecule has 9 aromatic rings. The van der Waals surface area contributed by atoms with Crippen molar-refractivity contribution in [1.29, 1.82) is 0 Å². The topological polar surface area (TPSA) is 8.17 Å². The van der Waals surface area contributed by atoms with Crippen LogP contribution in [0.1, 0.15) is 6.42 Å². The van der Waals surface area contributed by atoms with Crippen molar-refractivity contribution in [2.75, 3.05) is 4.90 Å². The highest BCUT2D eigenvalue weighted by Gasteiger charge is 2.22. The Labute approximate surface area is 289 Å². The summed E-state index contributed by atoms with van der Waals surface area (Å²) in [5.74, 6) is 0. The second-order valence-electron chi connectivity index (χ2n) is 12.9. The maximum atomic E-state index is 2.52. The van der Waals surface area contributed by atoms with Gasteiger partial charge in [-0.1, -0.05) is 127 Å². The number of fused-ring (bicyclic) bond motifs is 8. The van der Waals surface area contributed by atoms with Crippen LogP contribution in [0.25, 0.3) is 69.6 Å². The molecule has 0 N–H and O–H groups in total. The van der Waals surface area contributed by atoms with E-state index in [2.05, 4.69) is 185 Å². The van der Waals surface area contributed by atoms with E-state index >= 15 is 0 Å². The molecular formula is C46H32N2S. The molecule has 2 heterocycles. The van der Waals surface area contributed by atoms with Gasteiger partial charge in [0.15, 0.2) is 0 Å². The Bertz CT molecular complexity index is 2740. The third-order valence-electron chi connectivity index (χ3n) is 10.1. The fourth-order valence-electron chi connectivity index (χ4n) is 7.83. The molecule has 0 fully saturated rings. The highest BCUT2D eigenvalue weighted by atomic mass is 32.1. The molecule has 10 rings (SSSR count). The van der Waals surface area contributed by atoms with E-state index in [4.69, 9.17) is 0 Å². The first-order valence-corrected chi connectivity index (χ1v) is 17.8. The fraction of sp³-hybridized carbons (Fsp3) is 0.0435. The van der Waals surface area contributed by atoms with Crippen molar-refractivity contribution in [2.45, 2.75) is 12.5 Å². The summed E-state index contributed by atoms with van der Waals surface area (Å²) in [6, 6.07) is 55.9. The first-order chi connectivity index (χ1) is 24.3. The number of benzene rings is 7. The molecule has 0 spiro atoms. The number of anilines is 2. The smallest absolute Gasteiger partial charge is 0.0598 e. The van der Waals surface area contributed by atoms with Crippen LogP contribution in [0.15, 0.2) is 176 Å². The Balaban J connectivity index is 1.04. The summed E-state index contributed by atoms with van der Waals surface area (Å²) in [5, 5.41) is 7.82. The standard InChI is InChI=1S/C46H32N2S/c1-2-12-34(13-3-1)47(43-19-10-17-39-38-15-7-9-20-44(38)49-46(39)43)35-26-21-31(22-27-35)32-23-28-36(29-24-32)48-41-18-8-6-16-40(41)45-37-14-5-4-11-33(37)25-30-42(45)48/h1-12,14-30,34H,13H2. The molecule has 3 heteroatoms. The van der Waals surface area contributed by atoms with E-state index in [0.29, 0.717) is 0 Å². The number of nitrogens with zero attached hydrogens (tertiary/aromatic N) is 2. The van der Waals surface area contributed by atoms with E-state index in [0.717, 1.165) is 6.42 Å². The van der Waals surface area contributed by atoms with Crippen molar-refractivity contribution < 1.29 is 0 Å². The number of thiophene rings is 1. The highest BCUT2D eigenvalue weighted by Crippen LogP contribution is 2.43. The van der Waals surface area contributed by atoms with Crippen molar-refractivity contribution in [1.82, 2.24) is 4.57 Å². The normalized spacial score (nSPS) is 14.5. The summed E-state index contributed by atoms with van der Waals surface area (Å²) in [6.45, 7) is 0. The van der Waals surface area contributed by atoms with Gasteiger partial charge in [-0.3, -0.25) is 0 Å². The molecule has 0 saturated carbocycles. The van der Waals surface area contributed by atoms with Crippen LogP contribution in [0, 0.1) is 0 Å². The van der Waals surface area contributed by atoms with Gasteiger partial charge in [0.2, 0.25) is 0 Å². The molecular weight excluding hydrogens is 613 g/mol. The third-order valence-corrected chi connectivity index (χ3v) is 11.3. The number of aromatic nitrogens is 1. The Morgan fingerprint density at radius 3 is 2.08 bits per heavy atom. The van der Waals surface area contributed by atoms with Gasteiger partial charge in [-0.2, -0.15) is 0 Å². The SMILES string of the molecule is C1=CCC(N(c2ccc(-c3ccc(-n4c5ccccc5c5c6ccccc6ccc54)cc3)cc2)c2cccc3c2sc2ccccc23)C=C1. The molecule has 1 aliphatic carbocycles. The molecule has 2 nitrogen and oxygen atoms in total. The van der Waals surface area contributed by atoms with Crippen LogP contribution in [-0.2, 0) is 0 Å². The van der Waals surface area contributed by atoms with Crippen molar-refractivity contribution in [2.24, 2.45) is 0 Å². The van der Waals surface area contributed by atoms with Gasteiger partial charge in [0.05, 0.1) is 27.5 Å². The van der Waals surface area contributed by atoms with Gasteiger partial charge < -0.3 is 9.47 Å². The molecule has 0 amide bonds. The molecule has 1 unspecified atom stereocenters. The molecule has 1 atom stereocenters. The summed E-state index contributed by atoms with van der Waals surface area (Å²) < 4.78 is 5.07. The van der Waals surface area contributed by atoms with E-state index in [1.807, 2.05) is 11.3 Å². The lowest BCUT2D eigenvalue weighted by molar-refractivity contribution is 0.788. The molecule has 0 radical (unpaired) electrons. The summed E-state index contributed by atoms with van der Waals surface area (Å²) in [5.41, 5.74) is 8.51. The summed E-state index contributed by atoms with van der Waals surface area (Å²) in [6.07, 6.45) is 9.92. The van der Waals surface area contributed by atoms with Gasteiger partial charge in [-0.05, 0) is 76.9 Å². The van der Waals surface area contributed by atoms with Crippen molar-refractivity contribution >= 4 is 75.5 Å². The Morgan fingerprint density at radius 2 is 1.27 bits per heavy atom. The molecule has 49 heavy (non-hydrogen) atoms. The van der Waals surface area contributed by atoms with E-state index in [1.165, 1.54) is 80.9 Å². The minimum atomic E-state index is 0.245. The van der Waals surface area contributed by atoms with Gasteiger partial charge in [0, 0.05) is 37.6 Å². The van der Waals surface area contributed by atoms with E-state index in [1.54, 1.807) is 0 Å². The second-order valence-corrected chi connectivity index (χ2v) is 13.9. The number of hydrogen-bond acceptors (Lipinski definition) is 2. The van der Waals surface area contributed by atoms with Crippen molar-refractivity contribution in [3.8, 4) is 16.8 Å². The Kier molecular flexibility index (Phi) is 6.53. The number of hydrogen-bond donors (Lipinski definition) is 0. The lowest BCUT2D eigenvalue weighted by Crippen LogP contribution is -2.29. The zero-order chi connectivity index (χ0) is 32.3. The van der Waals surface area contributed by atoms with E-state index in [-0.39, 0.29) is 6.04 Å². The van der Waals surface area contributed by atoms with Crippen molar-refractivity contribution in [3.05, 3.63) is 176 Å². The predicted molar refractivity (Wildman–Crippen MR) is 212 cm³/mol. The van der Waals surface area contributed by atoms with Crippen LogP contribution in [0.4, 0.5) is 11.4 Å². The van der Waals surface area contributed by atoms with Crippen LogP contribution in [-0.4, -0.2) is 10.6 Å². The summed E-state index contributed by atoms with van der Waals surface area (Å²) in [7, 11) is 0. The lowest BCUT2D eigenvalue weighted by atomic mass is 10.0.